The molecule has 0 bridgehead atoms. The Morgan fingerprint density at radius 3 is 2.25 bits per heavy atom. The Balaban J connectivity index is 2.52. The molecule has 1 aromatic rings. The van der Waals surface area contributed by atoms with Gasteiger partial charge in [0.05, 0.1) is 11.7 Å². The van der Waals surface area contributed by atoms with Gasteiger partial charge in [0.25, 0.3) is 0 Å². The van der Waals surface area contributed by atoms with E-state index in [1.165, 1.54) is 12.1 Å². The molecule has 0 aliphatic carbocycles. The predicted octanol–water partition coefficient (Wildman–Crippen LogP) is 2.10. The number of hydrogen-bond donors (Lipinski definition) is 2. The third kappa shape index (κ3) is 5.22. The van der Waals surface area contributed by atoms with Crippen LogP contribution in [0.25, 0.3) is 0 Å². The lowest BCUT2D eigenvalue weighted by atomic mass is 10.1. The van der Waals surface area contributed by atoms with E-state index in [2.05, 4.69) is 5.32 Å². The van der Waals surface area contributed by atoms with E-state index in [9.17, 15) is 22.5 Å². The molecule has 0 heterocycles. The molecule has 1 rings (SSSR count). The molecule has 1 aromatic carbocycles. The number of nitrogens with one attached hydrogen (secondary N) is 1. The van der Waals surface area contributed by atoms with Gasteiger partial charge in [0.15, 0.2) is 0 Å². The molecule has 3 nitrogen and oxygen atoms in total. The van der Waals surface area contributed by atoms with Gasteiger partial charge in [0.1, 0.15) is 0 Å². The number of halogens is 3. The molecule has 0 aromatic heterocycles. The molecule has 0 aliphatic rings. The van der Waals surface area contributed by atoms with Crippen LogP contribution in [-0.2, 0) is 17.0 Å². The standard InChI is InChI=1S/C13H18F3NO2S/c1-9(20(2)19)7-17-8-12(18)10-3-5-11(6-4-10)13(14,15)16/h3-6,9,12,17-18H,7-8H2,1-2H3. The van der Waals surface area contributed by atoms with Crippen LogP contribution in [0.1, 0.15) is 24.2 Å². The second-order valence-electron chi connectivity index (χ2n) is 4.60. The summed E-state index contributed by atoms with van der Waals surface area (Å²) >= 11 is 0. The number of benzene rings is 1. The average molecular weight is 309 g/mol. The van der Waals surface area contributed by atoms with Crippen LogP contribution < -0.4 is 5.32 Å². The zero-order valence-electron chi connectivity index (χ0n) is 11.3. The van der Waals surface area contributed by atoms with Crippen molar-refractivity contribution in [1.29, 1.82) is 0 Å². The summed E-state index contributed by atoms with van der Waals surface area (Å²) in [5.74, 6) is 0. The van der Waals surface area contributed by atoms with Crippen molar-refractivity contribution in [3.8, 4) is 0 Å². The molecule has 0 radical (unpaired) electrons. The monoisotopic (exact) mass is 309 g/mol. The van der Waals surface area contributed by atoms with Crippen molar-refractivity contribution in [2.24, 2.45) is 0 Å². The van der Waals surface area contributed by atoms with Gasteiger partial charge in [0.2, 0.25) is 0 Å². The summed E-state index contributed by atoms with van der Waals surface area (Å²) < 4.78 is 48.3. The SMILES string of the molecule is CC(CNCC(O)c1ccc(C(F)(F)F)cc1)S(C)=O. The Labute approximate surface area is 118 Å². The molecule has 3 atom stereocenters. The highest BCUT2D eigenvalue weighted by molar-refractivity contribution is 7.84. The molecule has 2 N–H and O–H groups in total. The van der Waals surface area contributed by atoms with E-state index in [1.807, 2.05) is 6.92 Å². The largest absolute Gasteiger partial charge is 0.416 e. The topological polar surface area (TPSA) is 49.3 Å². The highest BCUT2D eigenvalue weighted by Crippen LogP contribution is 2.29. The highest BCUT2D eigenvalue weighted by atomic mass is 32.2. The van der Waals surface area contributed by atoms with Gasteiger partial charge >= 0.3 is 6.18 Å². The third-order valence-electron chi connectivity index (χ3n) is 2.96. The van der Waals surface area contributed by atoms with Crippen molar-refractivity contribution in [1.82, 2.24) is 5.32 Å². The molecular weight excluding hydrogens is 291 g/mol. The van der Waals surface area contributed by atoms with Gasteiger partial charge in [-0.05, 0) is 24.6 Å². The van der Waals surface area contributed by atoms with E-state index in [0.29, 0.717) is 12.1 Å². The van der Waals surface area contributed by atoms with Crippen LogP contribution in [-0.4, -0.2) is 33.9 Å². The van der Waals surface area contributed by atoms with Crippen LogP contribution >= 0.6 is 0 Å². The van der Waals surface area contributed by atoms with Gasteiger partial charge in [-0.2, -0.15) is 13.2 Å². The maximum atomic E-state index is 12.4. The van der Waals surface area contributed by atoms with Gasteiger partial charge in [-0.1, -0.05) is 12.1 Å². The van der Waals surface area contributed by atoms with Crippen molar-refractivity contribution >= 4 is 10.8 Å². The Kier molecular flexibility index (Phi) is 6.16. The van der Waals surface area contributed by atoms with Gasteiger partial charge < -0.3 is 10.4 Å². The van der Waals surface area contributed by atoms with E-state index in [0.717, 1.165) is 12.1 Å². The minimum atomic E-state index is -4.37. The maximum Gasteiger partial charge on any atom is 0.416 e. The van der Waals surface area contributed by atoms with Gasteiger partial charge in [-0.3, -0.25) is 4.21 Å². The minimum Gasteiger partial charge on any atom is -0.387 e. The van der Waals surface area contributed by atoms with Crippen molar-refractivity contribution < 1.29 is 22.5 Å². The first-order valence-corrected chi connectivity index (χ1v) is 7.72. The summed E-state index contributed by atoms with van der Waals surface area (Å²) in [7, 11) is -0.952. The summed E-state index contributed by atoms with van der Waals surface area (Å²) in [6.07, 6.45) is -3.67. The molecule has 0 saturated carbocycles. The molecule has 0 amide bonds. The lowest BCUT2D eigenvalue weighted by Gasteiger charge is -2.15. The average Bonchev–Trinajstić information content (AvgIpc) is 2.37. The fraction of sp³-hybridized carbons (Fsp3) is 0.538. The molecule has 114 valence electrons. The van der Waals surface area contributed by atoms with Crippen LogP contribution in [0.15, 0.2) is 24.3 Å². The fourth-order valence-corrected chi connectivity index (χ4v) is 1.91. The van der Waals surface area contributed by atoms with E-state index >= 15 is 0 Å². The molecule has 0 fully saturated rings. The summed E-state index contributed by atoms with van der Waals surface area (Å²) in [4.78, 5) is 0. The molecule has 20 heavy (non-hydrogen) atoms. The maximum absolute atomic E-state index is 12.4. The van der Waals surface area contributed by atoms with Crippen LogP contribution in [0.2, 0.25) is 0 Å². The van der Waals surface area contributed by atoms with Crippen molar-refractivity contribution in [3.05, 3.63) is 35.4 Å². The van der Waals surface area contributed by atoms with Gasteiger partial charge in [0, 0.05) is 35.4 Å². The number of alkyl halides is 3. The molecule has 0 aliphatic heterocycles. The molecular formula is C13H18F3NO2S. The zero-order valence-corrected chi connectivity index (χ0v) is 12.1. The molecule has 0 spiro atoms. The number of aliphatic hydroxyl groups is 1. The van der Waals surface area contributed by atoms with Crippen LogP contribution in [0, 0.1) is 0 Å². The molecule has 3 unspecified atom stereocenters. The van der Waals surface area contributed by atoms with E-state index in [4.69, 9.17) is 0 Å². The van der Waals surface area contributed by atoms with Crippen molar-refractivity contribution in [2.45, 2.75) is 24.5 Å². The van der Waals surface area contributed by atoms with E-state index in [-0.39, 0.29) is 11.8 Å². The Morgan fingerprint density at radius 1 is 1.25 bits per heavy atom. The number of aliphatic hydroxyl groups excluding tert-OH is 1. The fourth-order valence-electron chi connectivity index (χ4n) is 1.55. The molecule has 0 saturated heterocycles. The minimum absolute atomic E-state index is 0.0465. The number of hydrogen-bond acceptors (Lipinski definition) is 3. The Bertz CT molecular complexity index is 448. The highest BCUT2D eigenvalue weighted by Gasteiger charge is 2.30. The Hall–Kier alpha value is -0.920. The first kappa shape index (κ1) is 17.1. The Morgan fingerprint density at radius 2 is 1.80 bits per heavy atom. The summed E-state index contributed by atoms with van der Waals surface area (Å²) in [6.45, 7) is 2.49. The lowest BCUT2D eigenvalue weighted by molar-refractivity contribution is -0.137. The second kappa shape index (κ2) is 7.19. The first-order valence-electron chi connectivity index (χ1n) is 6.10. The summed E-state index contributed by atoms with van der Waals surface area (Å²) in [6, 6.07) is 4.41. The van der Waals surface area contributed by atoms with Gasteiger partial charge in [-0.25, -0.2) is 0 Å². The zero-order chi connectivity index (χ0) is 15.3. The van der Waals surface area contributed by atoms with Crippen molar-refractivity contribution in [3.63, 3.8) is 0 Å². The van der Waals surface area contributed by atoms with E-state index < -0.39 is 28.6 Å². The quantitative estimate of drug-likeness (QED) is 0.846. The van der Waals surface area contributed by atoms with Crippen LogP contribution in [0.5, 0.6) is 0 Å². The first-order chi connectivity index (χ1) is 9.21. The van der Waals surface area contributed by atoms with Crippen LogP contribution in [0.4, 0.5) is 13.2 Å². The lowest BCUT2D eigenvalue weighted by Crippen LogP contribution is -2.30. The number of rotatable bonds is 6. The molecule has 7 heteroatoms. The normalized spacial score (nSPS) is 16.7. The van der Waals surface area contributed by atoms with Crippen molar-refractivity contribution in [2.75, 3.05) is 19.3 Å². The smallest absolute Gasteiger partial charge is 0.387 e. The van der Waals surface area contributed by atoms with Gasteiger partial charge in [-0.15, -0.1) is 0 Å². The summed E-state index contributed by atoms with van der Waals surface area (Å²) in [5.41, 5.74) is -0.327. The second-order valence-corrected chi connectivity index (χ2v) is 6.40. The predicted molar refractivity (Wildman–Crippen MR) is 72.8 cm³/mol. The van der Waals surface area contributed by atoms with Crippen LogP contribution in [0.3, 0.4) is 0 Å². The summed E-state index contributed by atoms with van der Waals surface area (Å²) in [5, 5.41) is 12.7. The van der Waals surface area contributed by atoms with E-state index in [1.54, 1.807) is 6.26 Å². The third-order valence-corrected chi connectivity index (χ3v) is 4.26.